The molecule has 0 bridgehead atoms. The number of anilines is 1. The average Bonchev–Trinajstić information content (AvgIpc) is 3.26. The molecule has 2 aromatic heterocycles. The SMILES string of the molecule is CC(C)(O)COc1cc(N2CCN(S(C)(=O)=O)CC2)n2nc(-c3ccccc3Cl)c(-c3ccc(Cl)cc3)c2n1. The van der Waals surface area contributed by atoms with E-state index < -0.39 is 15.6 Å². The van der Waals surface area contributed by atoms with Gasteiger partial charge >= 0.3 is 0 Å². The first-order chi connectivity index (χ1) is 18.4. The van der Waals surface area contributed by atoms with Gasteiger partial charge in [0.2, 0.25) is 15.9 Å². The second kappa shape index (κ2) is 10.6. The van der Waals surface area contributed by atoms with Gasteiger partial charge in [-0.2, -0.15) is 18.9 Å². The van der Waals surface area contributed by atoms with Crippen molar-refractivity contribution in [3.05, 3.63) is 64.6 Å². The highest BCUT2D eigenvalue weighted by Crippen LogP contribution is 2.40. The Bertz CT molecular complexity index is 1610. The first-order valence-electron chi connectivity index (χ1n) is 12.4. The Kier molecular flexibility index (Phi) is 7.51. The molecule has 1 N–H and O–H groups in total. The summed E-state index contributed by atoms with van der Waals surface area (Å²) in [7, 11) is -3.30. The quantitative estimate of drug-likeness (QED) is 0.336. The van der Waals surface area contributed by atoms with E-state index in [-0.39, 0.29) is 6.61 Å². The fourth-order valence-electron chi connectivity index (χ4n) is 4.50. The van der Waals surface area contributed by atoms with Gasteiger partial charge in [0.15, 0.2) is 5.65 Å². The van der Waals surface area contributed by atoms with E-state index in [1.807, 2.05) is 36.4 Å². The highest BCUT2D eigenvalue weighted by Gasteiger charge is 2.28. The Labute approximate surface area is 237 Å². The lowest BCUT2D eigenvalue weighted by Gasteiger charge is -2.34. The van der Waals surface area contributed by atoms with Gasteiger partial charge < -0.3 is 14.7 Å². The fourth-order valence-corrected chi connectivity index (χ4v) is 5.68. The molecule has 1 saturated heterocycles. The molecule has 1 aliphatic heterocycles. The summed E-state index contributed by atoms with van der Waals surface area (Å²) in [4.78, 5) is 6.88. The molecule has 0 unspecified atom stereocenters. The summed E-state index contributed by atoms with van der Waals surface area (Å²) in [5, 5.41) is 16.4. The van der Waals surface area contributed by atoms with Crippen LogP contribution in [0.3, 0.4) is 0 Å². The van der Waals surface area contributed by atoms with Crippen molar-refractivity contribution in [1.29, 1.82) is 0 Å². The van der Waals surface area contributed by atoms with Gasteiger partial charge in [-0.1, -0.05) is 53.5 Å². The van der Waals surface area contributed by atoms with Crippen LogP contribution in [0.25, 0.3) is 28.0 Å². The van der Waals surface area contributed by atoms with Crippen molar-refractivity contribution in [2.45, 2.75) is 19.4 Å². The highest BCUT2D eigenvalue weighted by atomic mass is 35.5. The smallest absolute Gasteiger partial charge is 0.219 e. The van der Waals surface area contributed by atoms with E-state index in [0.29, 0.717) is 59.3 Å². The molecule has 12 heteroatoms. The topological polar surface area (TPSA) is 100 Å². The zero-order chi connectivity index (χ0) is 27.9. The Balaban J connectivity index is 1.72. The van der Waals surface area contributed by atoms with Crippen molar-refractivity contribution >= 4 is 44.7 Å². The summed E-state index contributed by atoms with van der Waals surface area (Å²) in [5.41, 5.74) is 2.40. The molecule has 5 rings (SSSR count). The van der Waals surface area contributed by atoms with E-state index in [4.69, 9.17) is 38.0 Å². The van der Waals surface area contributed by atoms with Crippen LogP contribution in [0.2, 0.25) is 10.0 Å². The minimum Gasteiger partial charge on any atom is -0.474 e. The number of rotatable bonds is 7. The van der Waals surface area contributed by atoms with Crippen LogP contribution in [0, 0.1) is 0 Å². The summed E-state index contributed by atoms with van der Waals surface area (Å²) in [6.45, 7) is 4.92. The lowest BCUT2D eigenvalue weighted by molar-refractivity contribution is 0.0269. The van der Waals surface area contributed by atoms with Crippen molar-refractivity contribution in [1.82, 2.24) is 18.9 Å². The van der Waals surface area contributed by atoms with Gasteiger partial charge in [-0.15, -0.1) is 0 Å². The minimum absolute atomic E-state index is 0.0270. The van der Waals surface area contributed by atoms with E-state index in [1.54, 1.807) is 36.6 Å². The second-order valence-electron chi connectivity index (χ2n) is 10.1. The molecular formula is C27H29Cl2N5O4S. The number of halogens is 2. The summed E-state index contributed by atoms with van der Waals surface area (Å²) < 4.78 is 33.4. The van der Waals surface area contributed by atoms with Crippen molar-refractivity contribution in [2.75, 3.05) is 43.9 Å². The number of ether oxygens (including phenoxy) is 1. The van der Waals surface area contributed by atoms with Gasteiger partial charge in [-0.3, -0.25) is 0 Å². The zero-order valence-corrected chi connectivity index (χ0v) is 24.1. The predicted octanol–water partition coefficient (Wildman–Crippen LogP) is 4.60. The number of benzene rings is 2. The summed E-state index contributed by atoms with van der Waals surface area (Å²) in [6, 6.07) is 16.6. The third-order valence-electron chi connectivity index (χ3n) is 6.41. The van der Waals surface area contributed by atoms with Crippen LogP contribution in [-0.4, -0.2) is 77.1 Å². The molecule has 3 heterocycles. The molecule has 0 aliphatic carbocycles. The number of hydrogen-bond acceptors (Lipinski definition) is 7. The third-order valence-corrected chi connectivity index (χ3v) is 8.30. The number of aliphatic hydroxyl groups is 1. The monoisotopic (exact) mass is 589 g/mol. The van der Waals surface area contributed by atoms with Gasteiger partial charge in [0, 0.05) is 42.8 Å². The summed E-state index contributed by atoms with van der Waals surface area (Å²) >= 11 is 12.8. The molecule has 206 valence electrons. The largest absolute Gasteiger partial charge is 0.474 e. The zero-order valence-electron chi connectivity index (χ0n) is 21.8. The van der Waals surface area contributed by atoms with Gasteiger partial charge in [0.25, 0.3) is 0 Å². The van der Waals surface area contributed by atoms with Crippen LogP contribution in [0.15, 0.2) is 54.6 Å². The number of piperazine rings is 1. The molecule has 2 aromatic carbocycles. The number of hydrogen-bond donors (Lipinski definition) is 1. The normalized spacial score (nSPS) is 15.2. The standard InChI is InChI=1S/C27H29Cl2N5O4S/c1-27(2,35)17-38-22-16-23(32-12-14-33(15-13-32)39(3,36)37)34-26(30-22)24(18-8-10-19(28)11-9-18)25(31-34)20-6-4-5-7-21(20)29/h4-11,16,35H,12-15,17H2,1-3H3. The van der Waals surface area contributed by atoms with E-state index in [9.17, 15) is 13.5 Å². The van der Waals surface area contributed by atoms with Gasteiger partial charge in [-0.05, 0) is 37.6 Å². The Morgan fingerprint density at radius 2 is 1.69 bits per heavy atom. The first-order valence-corrected chi connectivity index (χ1v) is 15.0. The fraction of sp³-hybridized carbons (Fsp3) is 0.333. The molecule has 1 fully saturated rings. The highest BCUT2D eigenvalue weighted by molar-refractivity contribution is 7.88. The van der Waals surface area contributed by atoms with Crippen LogP contribution >= 0.6 is 23.2 Å². The minimum atomic E-state index is -3.30. The molecule has 0 spiro atoms. The van der Waals surface area contributed by atoms with Crippen molar-refractivity contribution in [3.8, 4) is 28.3 Å². The molecule has 0 radical (unpaired) electrons. The van der Waals surface area contributed by atoms with Crippen LogP contribution in [0.4, 0.5) is 5.82 Å². The Morgan fingerprint density at radius 1 is 1.03 bits per heavy atom. The van der Waals surface area contributed by atoms with E-state index in [0.717, 1.165) is 16.7 Å². The molecular weight excluding hydrogens is 561 g/mol. The van der Waals surface area contributed by atoms with Crippen molar-refractivity contribution in [2.24, 2.45) is 0 Å². The maximum Gasteiger partial charge on any atom is 0.219 e. The van der Waals surface area contributed by atoms with E-state index in [2.05, 4.69) is 4.90 Å². The number of sulfonamides is 1. The van der Waals surface area contributed by atoms with Crippen LogP contribution < -0.4 is 9.64 Å². The molecule has 1 aliphatic rings. The lowest BCUT2D eigenvalue weighted by Crippen LogP contribution is -2.48. The van der Waals surface area contributed by atoms with Gasteiger partial charge in [-0.25, -0.2) is 8.42 Å². The maximum absolute atomic E-state index is 12.1. The third kappa shape index (κ3) is 6.00. The second-order valence-corrected chi connectivity index (χ2v) is 13.0. The molecule has 0 atom stereocenters. The predicted molar refractivity (Wildman–Crippen MR) is 154 cm³/mol. The summed E-state index contributed by atoms with van der Waals surface area (Å²) in [6.07, 6.45) is 1.22. The summed E-state index contributed by atoms with van der Waals surface area (Å²) in [5.74, 6) is 0.999. The van der Waals surface area contributed by atoms with E-state index >= 15 is 0 Å². The number of fused-ring (bicyclic) bond motifs is 1. The van der Waals surface area contributed by atoms with E-state index in [1.165, 1.54) is 10.6 Å². The molecule has 4 aromatic rings. The molecule has 0 amide bonds. The Hall–Kier alpha value is -2.89. The first kappa shape index (κ1) is 27.7. The maximum atomic E-state index is 12.1. The average molecular weight is 591 g/mol. The number of nitrogens with zero attached hydrogens (tertiary/aromatic N) is 5. The molecule has 39 heavy (non-hydrogen) atoms. The van der Waals surface area contributed by atoms with Gasteiger partial charge in [0.1, 0.15) is 18.1 Å². The van der Waals surface area contributed by atoms with Gasteiger partial charge in [0.05, 0.1) is 22.4 Å². The molecule has 9 nitrogen and oxygen atoms in total. The van der Waals surface area contributed by atoms with Crippen molar-refractivity contribution < 1.29 is 18.3 Å². The van der Waals surface area contributed by atoms with Crippen molar-refractivity contribution in [3.63, 3.8) is 0 Å². The lowest BCUT2D eigenvalue weighted by atomic mass is 10.0. The number of aromatic nitrogens is 3. The van der Waals surface area contributed by atoms with Crippen LogP contribution in [-0.2, 0) is 10.0 Å². The molecule has 0 saturated carbocycles. The Morgan fingerprint density at radius 3 is 2.31 bits per heavy atom. The van der Waals surface area contributed by atoms with Crippen LogP contribution in [0.5, 0.6) is 5.88 Å². The van der Waals surface area contributed by atoms with Crippen LogP contribution in [0.1, 0.15) is 13.8 Å².